The van der Waals surface area contributed by atoms with Gasteiger partial charge in [0.2, 0.25) is 0 Å². The molecule has 1 N–H and O–H groups in total. The first-order chi connectivity index (χ1) is 9.31. The van der Waals surface area contributed by atoms with E-state index < -0.39 is 0 Å². The Bertz CT molecular complexity index is 423. The summed E-state index contributed by atoms with van der Waals surface area (Å²) in [6.07, 6.45) is 8.09. The van der Waals surface area contributed by atoms with Gasteiger partial charge in [0.05, 0.1) is 0 Å². The zero-order chi connectivity index (χ0) is 13.1. The number of rotatable bonds is 6. The van der Waals surface area contributed by atoms with Crippen LogP contribution >= 0.6 is 0 Å². The van der Waals surface area contributed by atoms with Crippen molar-refractivity contribution in [2.45, 2.75) is 51.1 Å². The third kappa shape index (κ3) is 3.80. The summed E-state index contributed by atoms with van der Waals surface area (Å²) in [4.78, 5) is 2.43. The summed E-state index contributed by atoms with van der Waals surface area (Å²) in [7, 11) is 2.23. The van der Waals surface area contributed by atoms with Crippen molar-refractivity contribution in [1.29, 1.82) is 0 Å². The third-order valence-corrected chi connectivity index (χ3v) is 4.37. The quantitative estimate of drug-likeness (QED) is 0.844. The Morgan fingerprint density at radius 2 is 1.95 bits per heavy atom. The minimum absolute atomic E-state index is 0.831. The van der Waals surface area contributed by atoms with Crippen LogP contribution in [0.2, 0.25) is 0 Å². The molecule has 19 heavy (non-hydrogen) atoms. The van der Waals surface area contributed by atoms with Gasteiger partial charge in [-0.15, -0.1) is 0 Å². The minimum Gasteiger partial charge on any atom is -0.313 e. The number of nitrogens with one attached hydrogen (secondary N) is 1. The molecule has 0 atom stereocenters. The predicted octanol–water partition coefficient (Wildman–Crippen LogP) is 2.75. The van der Waals surface area contributed by atoms with E-state index in [0.29, 0.717) is 0 Å². The maximum absolute atomic E-state index is 3.58. The minimum atomic E-state index is 0.831. The smallest absolute Gasteiger partial charge is 0.0231 e. The Labute approximate surface area is 117 Å². The van der Waals surface area contributed by atoms with E-state index in [9.17, 15) is 0 Å². The van der Waals surface area contributed by atoms with Crippen LogP contribution in [0.1, 0.15) is 42.4 Å². The van der Waals surface area contributed by atoms with Crippen molar-refractivity contribution in [3.05, 3.63) is 34.9 Å². The van der Waals surface area contributed by atoms with Crippen molar-refractivity contribution in [1.82, 2.24) is 10.2 Å². The van der Waals surface area contributed by atoms with E-state index >= 15 is 0 Å². The average Bonchev–Trinajstić information content (AvgIpc) is 3.23. The van der Waals surface area contributed by atoms with Crippen molar-refractivity contribution < 1.29 is 0 Å². The fraction of sp³-hybridized carbons (Fsp3) is 0.647. The summed E-state index contributed by atoms with van der Waals surface area (Å²) in [6.45, 7) is 3.36. The second-order valence-electron chi connectivity index (χ2n) is 6.28. The van der Waals surface area contributed by atoms with Gasteiger partial charge in [0.15, 0.2) is 0 Å². The second-order valence-corrected chi connectivity index (χ2v) is 6.28. The topological polar surface area (TPSA) is 15.3 Å². The van der Waals surface area contributed by atoms with Gasteiger partial charge in [-0.05, 0) is 62.3 Å². The van der Waals surface area contributed by atoms with Crippen molar-refractivity contribution in [2.75, 3.05) is 20.1 Å². The molecule has 0 unspecified atom stereocenters. The van der Waals surface area contributed by atoms with Gasteiger partial charge in [-0.2, -0.15) is 0 Å². The number of aryl methyl sites for hydroxylation is 2. The van der Waals surface area contributed by atoms with Crippen molar-refractivity contribution in [3.63, 3.8) is 0 Å². The molecule has 0 aromatic heterocycles. The molecule has 2 aliphatic rings. The highest BCUT2D eigenvalue weighted by Crippen LogP contribution is 2.22. The SMILES string of the molecule is CN(CCNC1CC1)Cc1ccc2c(c1)CCCC2. The third-order valence-electron chi connectivity index (χ3n) is 4.37. The van der Waals surface area contributed by atoms with Crippen molar-refractivity contribution in [2.24, 2.45) is 0 Å². The molecule has 1 aromatic rings. The highest BCUT2D eigenvalue weighted by Gasteiger charge is 2.19. The molecule has 2 heteroatoms. The normalized spacial score (nSPS) is 18.6. The number of hydrogen-bond donors (Lipinski definition) is 1. The summed E-state index contributed by atoms with van der Waals surface area (Å²) in [5, 5.41) is 3.58. The van der Waals surface area contributed by atoms with Crippen LogP contribution in [0.25, 0.3) is 0 Å². The van der Waals surface area contributed by atoms with E-state index in [4.69, 9.17) is 0 Å². The number of fused-ring (bicyclic) bond motifs is 1. The van der Waals surface area contributed by atoms with Gasteiger partial charge in [-0.3, -0.25) is 0 Å². The lowest BCUT2D eigenvalue weighted by Crippen LogP contribution is -2.30. The Hall–Kier alpha value is -0.860. The molecule has 1 aromatic carbocycles. The molecule has 0 saturated heterocycles. The molecule has 3 rings (SSSR count). The largest absolute Gasteiger partial charge is 0.313 e. The maximum atomic E-state index is 3.58. The number of hydrogen-bond acceptors (Lipinski definition) is 2. The van der Waals surface area contributed by atoms with Crippen LogP contribution in [-0.2, 0) is 19.4 Å². The molecule has 0 radical (unpaired) electrons. The first kappa shape index (κ1) is 13.1. The van der Waals surface area contributed by atoms with Crippen LogP contribution in [-0.4, -0.2) is 31.1 Å². The van der Waals surface area contributed by atoms with Crippen LogP contribution < -0.4 is 5.32 Å². The molecular weight excluding hydrogens is 232 g/mol. The fourth-order valence-electron chi connectivity index (χ4n) is 3.02. The molecular formula is C17H26N2. The van der Waals surface area contributed by atoms with Gasteiger partial charge in [-0.1, -0.05) is 18.2 Å². The van der Waals surface area contributed by atoms with Gasteiger partial charge in [0.25, 0.3) is 0 Å². The molecule has 2 aliphatic carbocycles. The molecule has 0 aliphatic heterocycles. The van der Waals surface area contributed by atoms with E-state index in [1.807, 2.05) is 0 Å². The van der Waals surface area contributed by atoms with E-state index in [1.165, 1.54) is 44.1 Å². The van der Waals surface area contributed by atoms with Crippen LogP contribution in [0.3, 0.4) is 0 Å². The van der Waals surface area contributed by atoms with Crippen molar-refractivity contribution in [3.8, 4) is 0 Å². The Kier molecular flexibility index (Phi) is 4.19. The Morgan fingerprint density at radius 3 is 2.74 bits per heavy atom. The van der Waals surface area contributed by atoms with Gasteiger partial charge >= 0.3 is 0 Å². The zero-order valence-electron chi connectivity index (χ0n) is 12.1. The van der Waals surface area contributed by atoms with Gasteiger partial charge in [0, 0.05) is 25.7 Å². The summed E-state index contributed by atoms with van der Waals surface area (Å²) < 4.78 is 0. The second kappa shape index (κ2) is 6.06. The molecule has 0 heterocycles. The molecule has 2 nitrogen and oxygen atoms in total. The highest BCUT2D eigenvalue weighted by molar-refractivity contribution is 5.33. The zero-order valence-corrected chi connectivity index (χ0v) is 12.1. The first-order valence-electron chi connectivity index (χ1n) is 7.84. The maximum Gasteiger partial charge on any atom is 0.0231 e. The number of nitrogens with zero attached hydrogens (tertiary/aromatic N) is 1. The standard InChI is InChI=1S/C17H26N2/c1-19(11-10-18-17-8-9-17)13-14-6-7-15-4-2-3-5-16(15)12-14/h6-7,12,17-18H,2-5,8-11,13H2,1H3. The van der Waals surface area contributed by atoms with Crippen molar-refractivity contribution >= 4 is 0 Å². The molecule has 0 amide bonds. The number of likely N-dealkylation sites (N-methyl/N-ethyl adjacent to an activating group) is 1. The molecule has 104 valence electrons. The van der Waals surface area contributed by atoms with Gasteiger partial charge in [-0.25, -0.2) is 0 Å². The number of benzene rings is 1. The Morgan fingerprint density at radius 1 is 1.16 bits per heavy atom. The molecule has 0 bridgehead atoms. The van der Waals surface area contributed by atoms with Crippen LogP contribution in [0.5, 0.6) is 0 Å². The molecule has 1 fully saturated rings. The summed E-state index contributed by atoms with van der Waals surface area (Å²) in [6, 6.07) is 7.96. The molecule has 0 spiro atoms. The Balaban J connectivity index is 1.50. The lowest BCUT2D eigenvalue weighted by Gasteiger charge is -2.20. The van der Waals surface area contributed by atoms with E-state index in [-0.39, 0.29) is 0 Å². The van der Waals surface area contributed by atoms with E-state index in [0.717, 1.165) is 25.7 Å². The van der Waals surface area contributed by atoms with E-state index in [2.05, 4.69) is 35.5 Å². The van der Waals surface area contributed by atoms with E-state index in [1.54, 1.807) is 11.1 Å². The van der Waals surface area contributed by atoms with Crippen LogP contribution in [0.4, 0.5) is 0 Å². The van der Waals surface area contributed by atoms with Gasteiger partial charge in [0.1, 0.15) is 0 Å². The van der Waals surface area contributed by atoms with Crippen LogP contribution in [0, 0.1) is 0 Å². The molecule has 1 saturated carbocycles. The highest BCUT2D eigenvalue weighted by atomic mass is 15.1. The average molecular weight is 258 g/mol. The van der Waals surface area contributed by atoms with Crippen LogP contribution in [0.15, 0.2) is 18.2 Å². The summed E-state index contributed by atoms with van der Waals surface area (Å²) in [5.41, 5.74) is 4.68. The lowest BCUT2D eigenvalue weighted by atomic mass is 9.90. The summed E-state index contributed by atoms with van der Waals surface area (Å²) in [5.74, 6) is 0. The fourth-order valence-corrected chi connectivity index (χ4v) is 3.02. The predicted molar refractivity (Wildman–Crippen MR) is 80.4 cm³/mol. The first-order valence-corrected chi connectivity index (χ1v) is 7.84. The summed E-state index contributed by atoms with van der Waals surface area (Å²) >= 11 is 0. The monoisotopic (exact) mass is 258 g/mol. The van der Waals surface area contributed by atoms with Gasteiger partial charge < -0.3 is 10.2 Å². The lowest BCUT2D eigenvalue weighted by molar-refractivity contribution is 0.324.